The van der Waals surface area contributed by atoms with E-state index in [1.54, 1.807) is 12.4 Å². The molecule has 1 heterocycles. The first-order chi connectivity index (χ1) is 10.9. The highest BCUT2D eigenvalue weighted by atomic mass is 16.5. The molecule has 110 valence electrons. The van der Waals surface area contributed by atoms with Crippen molar-refractivity contribution < 1.29 is 4.74 Å². The minimum Gasteiger partial charge on any atom is -0.493 e. The number of hydrogen-bond donors (Lipinski definition) is 1. The lowest BCUT2D eigenvalue weighted by atomic mass is 10.0. The largest absolute Gasteiger partial charge is 0.493 e. The Morgan fingerprint density at radius 2 is 1.95 bits per heavy atom. The summed E-state index contributed by atoms with van der Waals surface area (Å²) in [5.41, 5.74) is 3.89. The number of rotatable bonds is 5. The molecule has 0 amide bonds. The predicted octanol–water partition coefficient (Wildman–Crippen LogP) is 4.08. The maximum Gasteiger partial charge on any atom is 0.146 e. The maximum absolute atomic E-state index is 5.71. The second-order valence-corrected chi connectivity index (χ2v) is 4.72. The molecule has 0 fully saturated rings. The Morgan fingerprint density at radius 3 is 2.77 bits per heavy atom. The third-order valence-electron chi connectivity index (χ3n) is 3.27. The van der Waals surface area contributed by atoms with Crippen LogP contribution >= 0.6 is 0 Å². The van der Waals surface area contributed by atoms with Gasteiger partial charge in [-0.25, -0.2) is 4.98 Å². The van der Waals surface area contributed by atoms with Crippen molar-refractivity contribution in [1.82, 2.24) is 4.98 Å². The molecule has 0 atom stereocenters. The van der Waals surface area contributed by atoms with Crippen LogP contribution in [0.4, 0.5) is 5.82 Å². The number of hydrogen-bond acceptors (Lipinski definition) is 4. The van der Waals surface area contributed by atoms with Gasteiger partial charge in [0.2, 0.25) is 0 Å². The highest BCUT2D eigenvalue weighted by Gasteiger charge is 2.06. The van der Waals surface area contributed by atoms with Crippen LogP contribution in [0, 0.1) is 0 Å². The summed E-state index contributed by atoms with van der Waals surface area (Å²) in [5, 5.41) is 6.56. The Morgan fingerprint density at radius 1 is 1.09 bits per heavy atom. The molecular weight excluding hydrogens is 274 g/mol. The molecule has 0 radical (unpaired) electrons. The summed E-state index contributed by atoms with van der Waals surface area (Å²) >= 11 is 0. The van der Waals surface area contributed by atoms with Crippen LogP contribution in [-0.2, 0) is 0 Å². The number of pyridine rings is 1. The summed E-state index contributed by atoms with van der Waals surface area (Å²) < 4.78 is 5.71. The second kappa shape index (κ2) is 6.72. The van der Waals surface area contributed by atoms with Crippen molar-refractivity contribution in [3.05, 3.63) is 66.4 Å². The van der Waals surface area contributed by atoms with Crippen LogP contribution in [0.15, 0.2) is 65.9 Å². The molecule has 0 spiro atoms. The van der Waals surface area contributed by atoms with Crippen LogP contribution in [-0.4, -0.2) is 17.8 Å². The molecule has 3 aromatic rings. The lowest BCUT2D eigenvalue weighted by Gasteiger charge is -2.10. The summed E-state index contributed by atoms with van der Waals surface area (Å²) in [7, 11) is 0. The second-order valence-electron chi connectivity index (χ2n) is 4.72. The summed E-state index contributed by atoms with van der Waals surface area (Å²) in [6, 6.07) is 17.9. The molecule has 1 N–H and O–H groups in total. The Balaban J connectivity index is 1.95. The fourth-order valence-corrected chi connectivity index (χ4v) is 2.28. The quantitative estimate of drug-likeness (QED) is 0.569. The van der Waals surface area contributed by atoms with E-state index in [0.29, 0.717) is 12.4 Å². The van der Waals surface area contributed by atoms with Gasteiger partial charge in [-0.2, -0.15) is 5.10 Å². The standard InChI is InChI=1S/C18H17N3O/c1-2-22-17-11-10-14-7-3-4-8-15(14)16(17)13-20-21-18-9-5-6-12-19-18/h3-13H,2H2,1H3,(H,19,21)/b20-13+. The van der Waals surface area contributed by atoms with Crippen molar-refractivity contribution in [2.75, 3.05) is 12.0 Å². The maximum atomic E-state index is 5.71. The Labute approximate surface area is 129 Å². The van der Waals surface area contributed by atoms with Gasteiger partial charge in [0, 0.05) is 11.8 Å². The zero-order valence-electron chi connectivity index (χ0n) is 12.4. The highest BCUT2D eigenvalue weighted by Crippen LogP contribution is 2.26. The Kier molecular flexibility index (Phi) is 4.30. The van der Waals surface area contributed by atoms with Crippen LogP contribution in [0.1, 0.15) is 12.5 Å². The van der Waals surface area contributed by atoms with Gasteiger partial charge in [-0.3, -0.25) is 5.43 Å². The number of anilines is 1. The van der Waals surface area contributed by atoms with Crippen LogP contribution in [0.25, 0.3) is 10.8 Å². The van der Waals surface area contributed by atoms with Gasteiger partial charge in [-0.05, 0) is 35.9 Å². The number of fused-ring (bicyclic) bond motifs is 1. The van der Waals surface area contributed by atoms with Crippen molar-refractivity contribution in [2.24, 2.45) is 5.10 Å². The zero-order valence-corrected chi connectivity index (χ0v) is 12.4. The predicted molar refractivity (Wildman–Crippen MR) is 90.6 cm³/mol. The molecule has 22 heavy (non-hydrogen) atoms. The molecule has 4 heteroatoms. The average Bonchev–Trinajstić information content (AvgIpc) is 2.57. The van der Waals surface area contributed by atoms with E-state index in [-0.39, 0.29) is 0 Å². The summed E-state index contributed by atoms with van der Waals surface area (Å²) in [5.74, 6) is 1.53. The van der Waals surface area contributed by atoms with Gasteiger partial charge in [-0.1, -0.05) is 36.4 Å². The zero-order chi connectivity index (χ0) is 15.2. The number of aromatic nitrogens is 1. The first-order valence-corrected chi connectivity index (χ1v) is 7.23. The van der Waals surface area contributed by atoms with E-state index in [1.165, 1.54) is 0 Å². The molecule has 0 saturated carbocycles. The average molecular weight is 291 g/mol. The van der Waals surface area contributed by atoms with Gasteiger partial charge in [-0.15, -0.1) is 0 Å². The van der Waals surface area contributed by atoms with Gasteiger partial charge >= 0.3 is 0 Å². The van der Waals surface area contributed by atoms with E-state index >= 15 is 0 Å². The van der Waals surface area contributed by atoms with Crippen LogP contribution in [0.5, 0.6) is 5.75 Å². The van der Waals surface area contributed by atoms with Crippen molar-refractivity contribution in [2.45, 2.75) is 6.92 Å². The number of benzene rings is 2. The molecule has 1 aromatic heterocycles. The number of nitrogens with zero attached hydrogens (tertiary/aromatic N) is 2. The van der Waals surface area contributed by atoms with Crippen molar-refractivity contribution in [1.29, 1.82) is 0 Å². The minimum absolute atomic E-state index is 0.618. The molecule has 0 aliphatic rings. The van der Waals surface area contributed by atoms with Gasteiger partial charge in [0.25, 0.3) is 0 Å². The van der Waals surface area contributed by atoms with Crippen molar-refractivity contribution >= 4 is 22.8 Å². The van der Waals surface area contributed by atoms with E-state index in [1.807, 2.05) is 43.3 Å². The SMILES string of the molecule is CCOc1ccc2ccccc2c1/C=N/Nc1ccccn1. The monoisotopic (exact) mass is 291 g/mol. The lowest BCUT2D eigenvalue weighted by Crippen LogP contribution is -1.99. The van der Waals surface area contributed by atoms with Gasteiger partial charge in [0.1, 0.15) is 11.6 Å². The molecule has 0 aliphatic carbocycles. The molecular formula is C18H17N3O. The van der Waals surface area contributed by atoms with Crippen molar-refractivity contribution in [3.63, 3.8) is 0 Å². The third kappa shape index (κ3) is 3.06. The summed E-state index contributed by atoms with van der Waals surface area (Å²) in [4.78, 5) is 4.17. The first kappa shape index (κ1) is 14.1. The first-order valence-electron chi connectivity index (χ1n) is 7.23. The van der Waals surface area contributed by atoms with E-state index in [0.717, 1.165) is 22.1 Å². The van der Waals surface area contributed by atoms with Crippen LogP contribution in [0.3, 0.4) is 0 Å². The number of hydrazone groups is 1. The summed E-state index contributed by atoms with van der Waals surface area (Å²) in [6.07, 6.45) is 3.50. The Hall–Kier alpha value is -2.88. The van der Waals surface area contributed by atoms with Crippen molar-refractivity contribution in [3.8, 4) is 5.75 Å². The molecule has 0 saturated heterocycles. The van der Waals surface area contributed by atoms with E-state index < -0.39 is 0 Å². The number of ether oxygens (including phenoxy) is 1. The van der Waals surface area contributed by atoms with Gasteiger partial charge in [0.15, 0.2) is 0 Å². The normalized spacial score (nSPS) is 11.0. The molecule has 0 bridgehead atoms. The molecule has 2 aromatic carbocycles. The Bertz CT molecular complexity index is 785. The van der Waals surface area contributed by atoms with E-state index in [9.17, 15) is 0 Å². The molecule has 0 unspecified atom stereocenters. The van der Waals surface area contributed by atoms with Gasteiger partial charge < -0.3 is 4.74 Å². The number of nitrogens with one attached hydrogen (secondary N) is 1. The minimum atomic E-state index is 0.618. The third-order valence-corrected chi connectivity index (χ3v) is 3.27. The van der Waals surface area contributed by atoms with E-state index in [4.69, 9.17) is 4.74 Å². The highest BCUT2D eigenvalue weighted by molar-refractivity contribution is 6.02. The topological polar surface area (TPSA) is 46.5 Å². The smallest absolute Gasteiger partial charge is 0.146 e. The fraction of sp³-hybridized carbons (Fsp3) is 0.111. The van der Waals surface area contributed by atoms with E-state index in [2.05, 4.69) is 33.7 Å². The lowest BCUT2D eigenvalue weighted by molar-refractivity contribution is 0.340. The van der Waals surface area contributed by atoms with Gasteiger partial charge in [0.05, 0.1) is 12.8 Å². The van der Waals surface area contributed by atoms with Crippen LogP contribution in [0.2, 0.25) is 0 Å². The molecule has 0 aliphatic heterocycles. The summed E-state index contributed by atoms with van der Waals surface area (Å²) in [6.45, 7) is 2.59. The fourth-order valence-electron chi connectivity index (χ4n) is 2.28. The van der Waals surface area contributed by atoms with Crippen LogP contribution < -0.4 is 10.2 Å². The molecule has 3 rings (SSSR count). The molecule has 4 nitrogen and oxygen atoms in total.